The first kappa shape index (κ1) is 21.6. The van der Waals surface area contributed by atoms with Gasteiger partial charge in [0.05, 0.1) is 13.2 Å². The van der Waals surface area contributed by atoms with Gasteiger partial charge in [-0.2, -0.15) is 0 Å². The van der Waals surface area contributed by atoms with Gasteiger partial charge in [0.1, 0.15) is 11.7 Å². The molecule has 1 fully saturated rings. The number of amides is 1. The van der Waals surface area contributed by atoms with Crippen LogP contribution in [0.4, 0.5) is 11.4 Å². The van der Waals surface area contributed by atoms with Crippen molar-refractivity contribution in [3.63, 3.8) is 0 Å². The molecule has 0 aliphatic carbocycles. The van der Waals surface area contributed by atoms with Gasteiger partial charge in [-0.1, -0.05) is 39.0 Å². The second-order valence-electron chi connectivity index (χ2n) is 8.73. The Hall–Kier alpha value is -3.15. The fourth-order valence-electron chi connectivity index (χ4n) is 3.82. The van der Waals surface area contributed by atoms with Crippen LogP contribution in [0.25, 0.3) is 0 Å². The quantitative estimate of drug-likeness (QED) is 0.558. The van der Waals surface area contributed by atoms with Crippen LogP contribution in [0, 0.1) is 11.3 Å². The third kappa shape index (κ3) is 3.70. The Morgan fingerprint density at radius 2 is 1.60 bits per heavy atom. The first-order valence-electron chi connectivity index (χ1n) is 9.90. The zero-order chi connectivity index (χ0) is 22.2. The molecule has 158 valence electrons. The van der Waals surface area contributed by atoms with Crippen LogP contribution in [0.2, 0.25) is 0 Å². The van der Waals surface area contributed by atoms with Crippen LogP contribution < -0.4 is 14.5 Å². The van der Waals surface area contributed by atoms with Gasteiger partial charge < -0.3 is 9.64 Å². The van der Waals surface area contributed by atoms with Gasteiger partial charge in [0.15, 0.2) is 5.78 Å². The lowest BCUT2D eigenvalue weighted by Gasteiger charge is -2.31. The van der Waals surface area contributed by atoms with E-state index in [2.05, 4.69) is 0 Å². The van der Waals surface area contributed by atoms with E-state index in [-0.39, 0.29) is 5.78 Å². The lowest BCUT2D eigenvalue weighted by molar-refractivity contribution is -0.141. The molecule has 2 aromatic rings. The average molecular weight is 408 g/mol. The monoisotopic (exact) mass is 408 g/mol. The number of ether oxygens (including phenoxy) is 1. The van der Waals surface area contributed by atoms with Gasteiger partial charge in [-0.15, -0.1) is 0 Å². The van der Waals surface area contributed by atoms with E-state index in [0.29, 0.717) is 17.0 Å². The summed E-state index contributed by atoms with van der Waals surface area (Å²) in [6, 6.07) is 13.8. The van der Waals surface area contributed by atoms with Gasteiger partial charge in [0.25, 0.3) is 5.91 Å². The average Bonchev–Trinajstić information content (AvgIpc) is 2.97. The molecular formula is C24H28N2O4. The van der Waals surface area contributed by atoms with Gasteiger partial charge in [-0.05, 0) is 30.3 Å². The highest BCUT2D eigenvalue weighted by Crippen LogP contribution is 2.45. The van der Waals surface area contributed by atoms with Gasteiger partial charge in [-0.25, -0.2) is 0 Å². The molecule has 1 aliphatic rings. The van der Waals surface area contributed by atoms with E-state index >= 15 is 0 Å². The van der Waals surface area contributed by atoms with Crippen LogP contribution in [-0.4, -0.2) is 38.7 Å². The Bertz CT molecular complexity index is 973. The van der Waals surface area contributed by atoms with Crippen LogP contribution in [0.5, 0.6) is 5.75 Å². The number of nitrogens with zero attached hydrogens (tertiary/aromatic N) is 2. The summed E-state index contributed by atoms with van der Waals surface area (Å²) >= 11 is 0. The fourth-order valence-corrected chi connectivity index (χ4v) is 3.82. The standard InChI is InChI=1S/C24H28N2O4/c1-24(2,3)22(28)19-20(17-9-7-8-10-18(17)30-6)26(23(29)21(19)27)16-13-11-15(12-14-16)25(4)5/h7-14,19-20H,1-6H3. The molecule has 1 amide bonds. The highest BCUT2D eigenvalue weighted by molar-refractivity contribution is 6.48. The minimum absolute atomic E-state index is 0.260. The first-order chi connectivity index (χ1) is 14.1. The molecule has 1 saturated heterocycles. The molecular weight excluding hydrogens is 380 g/mol. The Labute approximate surface area is 177 Å². The maximum atomic E-state index is 13.3. The third-order valence-corrected chi connectivity index (χ3v) is 5.43. The van der Waals surface area contributed by atoms with Crippen LogP contribution in [0.15, 0.2) is 48.5 Å². The summed E-state index contributed by atoms with van der Waals surface area (Å²) in [6.45, 7) is 5.29. The highest BCUT2D eigenvalue weighted by Gasteiger charge is 2.54. The molecule has 0 bridgehead atoms. The SMILES string of the molecule is COc1ccccc1C1C(C(=O)C(C)(C)C)C(=O)C(=O)N1c1ccc(N(C)C)cc1. The molecule has 2 aromatic carbocycles. The summed E-state index contributed by atoms with van der Waals surface area (Å²) in [5.74, 6) is -2.17. The molecule has 3 rings (SSSR count). The predicted molar refractivity (Wildman–Crippen MR) is 117 cm³/mol. The minimum Gasteiger partial charge on any atom is -0.496 e. The zero-order valence-electron chi connectivity index (χ0n) is 18.3. The van der Waals surface area contributed by atoms with E-state index in [1.807, 2.05) is 43.3 Å². The predicted octanol–water partition coefficient (Wildman–Crippen LogP) is 3.65. The third-order valence-electron chi connectivity index (χ3n) is 5.43. The number of para-hydroxylation sites is 1. The first-order valence-corrected chi connectivity index (χ1v) is 9.90. The molecule has 0 radical (unpaired) electrons. The van der Waals surface area contributed by atoms with E-state index in [0.717, 1.165) is 5.69 Å². The lowest BCUT2D eigenvalue weighted by Crippen LogP contribution is -2.36. The van der Waals surface area contributed by atoms with E-state index in [4.69, 9.17) is 4.74 Å². The molecule has 1 aliphatic heterocycles. The molecule has 0 aromatic heterocycles. The zero-order valence-corrected chi connectivity index (χ0v) is 18.3. The maximum absolute atomic E-state index is 13.3. The van der Waals surface area contributed by atoms with Crippen LogP contribution >= 0.6 is 0 Å². The summed E-state index contributed by atoms with van der Waals surface area (Å²) < 4.78 is 5.51. The Morgan fingerprint density at radius 3 is 2.13 bits per heavy atom. The van der Waals surface area contributed by atoms with Crippen molar-refractivity contribution in [2.24, 2.45) is 11.3 Å². The Kier molecular flexibility index (Phi) is 5.70. The fraction of sp³-hybridized carbons (Fsp3) is 0.375. The second kappa shape index (κ2) is 7.94. The number of anilines is 2. The minimum atomic E-state index is -1.10. The molecule has 30 heavy (non-hydrogen) atoms. The van der Waals surface area contributed by atoms with Crippen molar-refractivity contribution in [3.8, 4) is 5.75 Å². The molecule has 0 saturated carbocycles. The van der Waals surface area contributed by atoms with Crippen molar-refractivity contribution in [2.45, 2.75) is 26.8 Å². The van der Waals surface area contributed by atoms with Crippen LogP contribution in [-0.2, 0) is 14.4 Å². The number of rotatable bonds is 5. The van der Waals surface area contributed by atoms with Gasteiger partial charge >= 0.3 is 0 Å². The number of Topliss-reactive ketones (excluding diaryl/α,β-unsaturated/α-hetero) is 2. The Balaban J connectivity index is 2.20. The topological polar surface area (TPSA) is 66.9 Å². The van der Waals surface area contributed by atoms with E-state index in [9.17, 15) is 14.4 Å². The smallest absolute Gasteiger partial charge is 0.295 e. The molecule has 0 spiro atoms. The molecule has 0 N–H and O–H groups in total. The number of benzene rings is 2. The summed E-state index contributed by atoms with van der Waals surface area (Å²) in [4.78, 5) is 42.9. The molecule has 6 heteroatoms. The summed E-state index contributed by atoms with van der Waals surface area (Å²) in [6.07, 6.45) is 0. The molecule has 6 nitrogen and oxygen atoms in total. The summed E-state index contributed by atoms with van der Waals surface area (Å²) in [7, 11) is 5.39. The van der Waals surface area contributed by atoms with Crippen molar-refractivity contribution < 1.29 is 19.1 Å². The van der Waals surface area contributed by atoms with Gasteiger partial charge in [0, 0.05) is 36.4 Å². The van der Waals surface area contributed by atoms with Crippen molar-refractivity contribution in [1.82, 2.24) is 0 Å². The van der Waals surface area contributed by atoms with E-state index < -0.39 is 29.1 Å². The number of carbonyl (C=O) groups excluding carboxylic acids is 3. The number of hydrogen-bond donors (Lipinski definition) is 0. The number of methoxy groups -OCH3 is 1. The molecule has 2 unspecified atom stereocenters. The van der Waals surface area contributed by atoms with Crippen molar-refractivity contribution in [2.75, 3.05) is 31.0 Å². The van der Waals surface area contributed by atoms with Crippen LogP contribution in [0.1, 0.15) is 32.4 Å². The van der Waals surface area contributed by atoms with Gasteiger partial charge in [0.2, 0.25) is 5.78 Å². The molecule has 2 atom stereocenters. The summed E-state index contributed by atoms with van der Waals surface area (Å²) in [5.41, 5.74) is 1.40. The van der Waals surface area contributed by atoms with Gasteiger partial charge in [-0.3, -0.25) is 19.3 Å². The second-order valence-corrected chi connectivity index (χ2v) is 8.73. The largest absolute Gasteiger partial charge is 0.496 e. The number of ketones is 2. The van der Waals surface area contributed by atoms with Crippen molar-refractivity contribution in [1.29, 1.82) is 0 Å². The summed E-state index contributed by atoms with van der Waals surface area (Å²) in [5, 5.41) is 0. The van der Waals surface area contributed by atoms with Crippen molar-refractivity contribution >= 4 is 28.8 Å². The van der Waals surface area contributed by atoms with Crippen LogP contribution in [0.3, 0.4) is 0 Å². The Morgan fingerprint density at radius 1 is 1.00 bits per heavy atom. The normalized spacial score (nSPS) is 19.2. The van der Waals surface area contributed by atoms with E-state index in [1.165, 1.54) is 12.0 Å². The highest BCUT2D eigenvalue weighted by atomic mass is 16.5. The number of hydrogen-bond acceptors (Lipinski definition) is 5. The number of carbonyl (C=O) groups is 3. The lowest BCUT2D eigenvalue weighted by atomic mass is 9.77. The molecule has 1 heterocycles. The maximum Gasteiger partial charge on any atom is 0.295 e. The van der Waals surface area contributed by atoms with E-state index in [1.54, 1.807) is 45.0 Å². The van der Waals surface area contributed by atoms with Crippen molar-refractivity contribution in [3.05, 3.63) is 54.1 Å².